The monoisotopic (exact) mass is 238 g/mol. The van der Waals surface area contributed by atoms with Crippen LogP contribution in [0.2, 0.25) is 0 Å². The minimum atomic E-state index is -0.888. The maximum atomic E-state index is 11.2. The Morgan fingerprint density at radius 2 is 2.24 bits per heavy atom. The van der Waals surface area contributed by atoms with Gasteiger partial charge < -0.3 is 10.5 Å². The van der Waals surface area contributed by atoms with Gasteiger partial charge in [-0.25, -0.2) is 0 Å². The molecule has 0 fully saturated rings. The van der Waals surface area contributed by atoms with E-state index in [4.69, 9.17) is 5.73 Å². The number of hydrogen-bond acceptors (Lipinski definition) is 5. The van der Waals surface area contributed by atoms with Gasteiger partial charge in [-0.2, -0.15) is 0 Å². The first-order valence-corrected chi connectivity index (χ1v) is 5.03. The number of benzene rings is 1. The average Bonchev–Trinajstić information content (AvgIpc) is 2.27. The van der Waals surface area contributed by atoms with Crippen molar-refractivity contribution < 1.29 is 14.5 Å². The van der Waals surface area contributed by atoms with Crippen LogP contribution in [0.15, 0.2) is 18.2 Å². The fourth-order valence-electron chi connectivity index (χ4n) is 1.62. The standard InChI is InChI=1S/C11H14N2O4/c1-7-4-3-5-8(10(7)13(15)16)6-9(12)11(14)17-2/h3-5,9H,6,12H2,1-2H3/t9-/m1/s1. The predicted molar refractivity (Wildman–Crippen MR) is 61.5 cm³/mol. The van der Waals surface area contributed by atoms with Crippen LogP contribution in [0.25, 0.3) is 0 Å². The summed E-state index contributed by atoms with van der Waals surface area (Å²) in [5.74, 6) is -0.583. The molecule has 17 heavy (non-hydrogen) atoms. The molecular weight excluding hydrogens is 224 g/mol. The Bertz CT molecular complexity index is 445. The molecule has 0 unspecified atom stereocenters. The maximum absolute atomic E-state index is 11.2. The van der Waals surface area contributed by atoms with E-state index in [1.165, 1.54) is 7.11 Å². The molecule has 0 heterocycles. The zero-order valence-electron chi connectivity index (χ0n) is 9.67. The summed E-state index contributed by atoms with van der Waals surface area (Å²) in [5, 5.41) is 10.9. The summed E-state index contributed by atoms with van der Waals surface area (Å²) >= 11 is 0. The number of esters is 1. The van der Waals surface area contributed by atoms with Crippen LogP contribution < -0.4 is 5.73 Å². The topological polar surface area (TPSA) is 95.5 Å². The van der Waals surface area contributed by atoms with E-state index >= 15 is 0 Å². The van der Waals surface area contributed by atoms with E-state index in [2.05, 4.69) is 4.74 Å². The van der Waals surface area contributed by atoms with Crippen LogP contribution >= 0.6 is 0 Å². The van der Waals surface area contributed by atoms with E-state index in [9.17, 15) is 14.9 Å². The predicted octanol–water partition coefficient (Wildman–Crippen LogP) is 0.946. The molecule has 0 saturated heterocycles. The number of rotatable bonds is 4. The van der Waals surface area contributed by atoms with Crippen molar-refractivity contribution in [1.29, 1.82) is 0 Å². The molecule has 6 nitrogen and oxygen atoms in total. The van der Waals surface area contributed by atoms with Gasteiger partial charge in [0.15, 0.2) is 0 Å². The Kier molecular flexibility index (Phi) is 4.17. The lowest BCUT2D eigenvalue weighted by Crippen LogP contribution is -2.33. The minimum Gasteiger partial charge on any atom is -0.468 e. The molecule has 0 radical (unpaired) electrons. The molecule has 0 saturated carbocycles. The second kappa shape index (κ2) is 5.40. The lowest BCUT2D eigenvalue weighted by Gasteiger charge is -2.10. The van der Waals surface area contributed by atoms with Gasteiger partial charge in [0, 0.05) is 17.5 Å². The number of hydrogen-bond donors (Lipinski definition) is 1. The first kappa shape index (κ1) is 13.1. The van der Waals surface area contributed by atoms with Gasteiger partial charge in [-0.3, -0.25) is 14.9 Å². The number of nitrogens with two attached hydrogens (primary N) is 1. The highest BCUT2D eigenvalue weighted by molar-refractivity contribution is 5.76. The van der Waals surface area contributed by atoms with Crippen LogP contribution in [0, 0.1) is 17.0 Å². The van der Waals surface area contributed by atoms with Gasteiger partial charge in [0.25, 0.3) is 5.69 Å². The van der Waals surface area contributed by atoms with Crippen molar-refractivity contribution in [3.8, 4) is 0 Å². The van der Waals surface area contributed by atoms with Crippen molar-refractivity contribution >= 4 is 11.7 Å². The van der Waals surface area contributed by atoms with Gasteiger partial charge in [-0.05, 0) is 6.92 Å². The fourth-order valence-corrected chi connectivity index (χ4v) is 1.62. The minimum absolute atomic E-state index is 0.00635. The number of aryl methyl sites for hydroxylation is 1. The normalized spacial score (nSPS) is 11.9. The third-order valence-electron chi connectivity index (χ3n) is 2.45. The fraction of sp³-hybridized carbons (Fsp3) is 0.364. The first-order chi connectivity index (χ1) is 7.97. The van der Waals surface area contributed by atoms with Gasteiger partial charge >= 0.3 is 5.97 Å². The van der Waals surface area contributed by atoms with Crippen molar-refractivity contribution in [1.82, 2.24) is 0 Å². The van der Waals surface area contributed by atoms with Crippen LogP contribution in [0.3, 0.4) is 0 Å². The molecular formula is C11H14N2O4. The molecule has 0 spiro atoms. The zero-order valence-corrected chi connectivity index (χ0v) is 9.67. The number of carbonyl (C=O) groups is 1. The first-order valence-electron chi connectivity index (χ1n) is 5.03. The van der Waals surface area contributed by atoms with E-state index < -0.39 is 16.9 Å². The molecule has 2 N–H and O–H groups in total. The molecule has 0 aliphatic carbocycles. The molecule has 0 aliphatic rings. The molecule has 92 valence electrons. The summed E-state index contributed by atoms with van der Waals surface area (Å²) < 4.78 is 4.48. The molecule has 1 aromatic rings. The van der Waals surface area contributed by atoms with Crippen LogP contribution in [-0.4, -0.2) is 24.0 Å². The molecule has 0 amide bonds. The van der Waals surface area contributed by atoms with E-state index in [0.717, 1.165) is 0 Å². The average molecular weight is 238 g/mol. The van der Waals surface area contributed by atoms with Gasteiger partial charge in [0.05, 0.1) is 12.0 Å². The van der Waals surface area contributed by atoms with Crippen molar-refractivity contribution in [3.63, 3.8) is 0 Å². The van der Waals surface area contributed by atoms with Crippen LogP contribution in [0.5, 0.6) is 0 Å². The van der Waals surface area contributed by atoms with Crippen LogP contribution in [-0.2, 0) is 16.0 Å². The van der Waals surface area contributed by atoms with Gasteiger partial charge in [0.1, 0.15) is 6.04 Å². The quantitative estimate of drug-likeness (QED) is 0.478. The summed E-state index contributed by atoms with van der Waals surface area (Å²) in [4.78, 5) is 21.6. The maximum Gasteiger partial charge on any atom is 0.322 e. The van der Waals surface area contributed by atoms with E-state index in [-0.39, 0.29) is 12.1 Å². The highest BCUT2D eigenvalue weighted by Gasteiger charge is 2.22. The number of carbonyl (C=O) groups excluding carboxylic acids is 1. The Morgan fingerprint density at radius 1 is 1.59 bits per heavy atom. The molecule has 6 heteroatoms. The van der Waals surface area contributed by atoms with Crippen LogP contribution in [0.4, 0.5) is 5.69 Å². The Balaban J connectivity index is 3.02. The smallest absolute Gasteiger partial charge is 0.322 e. The number of nitrogens with zero attached hydrogens (tertiary/aromatic N) is 1. The SMILES string of the molecule is COC(=O)[C@H](N)Cc1cccc(C)c1[N+](=O)[O-]. The van der Waals surface area contributed by atoms with Crippen LogP contribution in [0.1, 0.15) is 11.1 Å². The largest absolute Gasteiger partial charge is 0.468 e. The summed E-state index contributed by atoms with van der Waals surface area (Å²) in [6.45, 7) is 1.64. The summed E-state index contributed by atoms with van der Waals surface area (Å²) in [7, 11) is 1.23. The number of nitro benzene ring substituents is 1. The van der Waals surface area contributed by atoms with Crippen molar-refractivity contribution in [2.75, 3.05) is 7.11 Å². The summed E-state index contributed by atoms with van der Waals surface area (Å²) in [5.41, 5.74) is 6.57. The molecule has 1 aromatic carbocycles. The second-order valence-electron chi connectivity index (χ2n) is 3.67. The molecule has 1 rings (SSSR count). The molecule has 0 aliphatic heterocycles. The van der Waals surface area contributed by atoms with Crippen molar-refractivity contribution in [3.05, 3.63) is 39.4 Å². The third kappa shape index (κ3) is 3.01. The number of ether oxygens (including phenoxy) is 1. The summed E-state index contributed by atoms with van der Waals surface area (Å²) in [6.07, 6.45) is 0.0880. The molecule has 1 atom stereocenters. The van der Waals surface area contributed by atoms with E-state index in [0.29, 0.717) is 11.1 Å². The number of para-hydroxylation sites is 1. The third-order valence-corrected chi connectivity index (χ3v) is 2.45. The Hall–Kier alpha value is -1.95. The Labute approximate surface area is 98.5 Å². The zero-order chi connectivity index (χ0) is 13.0. The highest BCUT2D eigenvalue weighted by Crippen LogP contribution is 2.24. The second-order valence-corrected chi connectivity index (χ2v) is 3.67. The van der Waals surface area contributed by atoms with E-state index in [1.54, 1.807) is 25.1 Å². The highest BCUT2D eigenvalue weighted by atomic mass is 16.6. The van der Waals surface area contributed by atoms with Crippen molar-refractivity contribution in [2.24, 2.45) is 5.73 Å². The van der Waals surface area contributed by atoms with Gasteiger partial charge in [-0.15, -0.1) is 0 Å². The summed E-state index contributed by atoms with van der Waals surface area (Å²) in [6, 6.07) is 4.04. The van der Waals surface area contributed by atoms with Gasteiger partial charge in [0.2, 0.25) is 0 Å². The van der Waals surface area contributed by atoms with E-state index in [1.807, 2.05) is 0 Å². The molecule has 0 bridgehead atoms. The Morgan fingerprint density at radius 3 is 2.76 bits per heavy atom. The molecule has 0 aromatic heterocycles. The van der Waals surface area contributed by atoms with Crippen molar-refractivity contribution in [2.45, 2.75) is 19.4 Å². The number of nitro groups is 1. The lowest BCUT2D eigenvalue weighted by molar-refractivity contribution is -0.386. The number of methoxy groups -OCH3 is 1. The van der Waals surface area contributed by atoms with Gasteiger partial charge in [-0.1, -0.05) is 18.2 Å². The lowest BCUT2D eigenvalue weighted by atomic mass is 10.0.